The molecule has 3 rings (SSSR count). The fourth-order valence-electron chi connectivity index (χ4n) is 3.82. The maximum Gasteiger partial charge on any atom is 0.264 e. The number of hydrogen-bond donors (Lipinski definition) is 1. The van der Waals surface area contributed by atoms with Crippen LogP contribution in [-0.4, -0.2) is 51.4 Å². The lowest BCUT2D eigenvalue weighted by Crippen LogP contribution is -2.50. The Kier molecular flexibility index (Phi) is 9.46. The van der Waals surface area contributed by atoms with E-state index in [2.05, 4.69) is 5.32 Å². The van der Waals surface area contributed by atoms with Crippen molar-refractivity contribution in [2.45, 2.75) is 38.3 Å². The number of nitrogens with one attached hydrogen (secondary N) is 1. The van der Waals surface area contributed by atoms with Crippen LogP contribution in [-0.2, 0) is 26.2 Å². The fourth-order valence-corrected chi connectivity index (χ4v) is 5.23. The molecule has 0 heterocycles. The van der Waals surface area contributed by atoms with Crippen molar-refractivity contribution in [1.29, 1.82) is 0 Å². The molecule has 202 valence electrons. The number of likely N-dealkylation sites (N-methyl/N-ethyl adjacent to an activating group) is 1. The summed E-state index contributed by atoms with van der Waals surface area (Å²) in [5.41, 5.74) is 2.04. The number of carbonyl (C=O) groups excluding carboxylic acids is 2. The topological polar surface area (TPSA) is 96.0 Å². The summed E-state index contributed by atoms with van der Waals surface area (Å²) in [5, 5.41) is 2.55. The predicted molar refractivity (Wildman–Crippen MR) is 144 cm³/mol. The summed E-state index contributed by atoms with van der Waals surface area (Å²) in [6, 6.07) is 17.3. The van der Waals surface area contributed by atoms with Crippen molar-refractivity contribution in [1.82, 2.24) is 10.2 Å². The van der Waals surface area contributed by atoms with Crippen molar-refractivity contribution in [2.75, 3.05) is 24.5 Å². The molecule has 3 aromatic carbocycles. The van der Waals surface area contributed by atoms with Crippen LogP contribution in [0.2, 0.25) is 0 Å². The summed E-state index contributed by atoms with van der Waals surface area (Å²) in [7, 11) is -2.81. The maximum absolute atomic E-state index is 13.7. The van der Waals surface area contributed by atoms with Gasteiger partial charge in [-0.3, -0.25) is 13.9 Å². The van der Waals surface area contributed by atoms with E-state index >= 15 is 0 Å². The van der Waals surface area contributed by atoms with E-state index in [-0.39, 0.29) is 23.0 Å². The van der Waals surface area contributed by atoms with Gasteiger partial charge in [0.25, 0.3) is 10.0 Å². The lowest BCUT2D eigenvalue weighted by Gasteiger charge is -2.31. The van der Waals surface area contributed by atoms with Gasteiger partial charge in [-0.15, -0.1) is 0 Å². The second kappa shape index (κ2) is 12.6. The summed E-state index contributed by atoms with van der Waals surface area (Å²) in [6.45, 7) is 5.30. The van der Waals surface area contributed by atoms with Gasteiger partial charge in [0.1, 0.15) is 24.2 Å². The van der Waals surface area contributed by atoms with Crippen LogP contribution in [0.1, 0.15) is 25.0 Å². The number of benzene rings is 3. The van der Waals surface area contributed by atoms with Gasteiger partial charge in [0, 0.05) is 13.6 Å². The molecule has 0 aliphatic rings. The van der Waals surface area contributed by atoms with E-state index in [0.29, 0.717) is 12.4 Å². The number of amides is 2. The molecular formula is C28H32FN3O5S. The minimum atomic E-state index is -4.28. The summed E-state index contributed by atoms with van der Waals surface area (Å²) >= 11 is 0. The number of carbonyl (C=O) groups is 2. The van der Waals surface area contributed by atoms with Crippen molar-refractivity contribution >= 4 is 27.5 Å². The van der Waals surface area contributed by atoms with Gasteiger partial charge >= 0.3 is 0 Å². The van der Waals surface area contributed by atoms with Gasteiger partial charge < -0.3 is 15.0 Å². The summed E-state index contributed by atoms with van der Waals surface area (Å²) in [5.74, 6) is -1.02. The highest BCUT2D eigenvalue weighted by Crippen LogP contribution is 2.27. The third kappa shape index (κ3) is 6.89. The molecule has 0 aliphatic heterocycles. The molecule has 0 spiro atoms. The second-order valence-corrected chi connectivity index (χ2v) is 10.6. The Bertz CT molecular complexity index is 1340. The first-order valence-corrected chi connectivity index (χ1v) is 13.6. The number of ether oxygens (including phenoxy) is 1. The molecule has 0 aromatic heterocycles. The van der Waals surface area contributed by atoms with Crippen LogP contribution in [0.3, 0.4) is 0 Å². The van der Waals surface area contributed by atoms with E-state index in [0.717, 1.165) is 39.7 Å². The Labute approximate surface area is 223 Å². The largest absolute Gasteiger partial charge is 0.494 e. The molecule has 3 aromatic rings. The fraction of sp³-hybridized carbons (Fsp3) is 0.286. The normalized spacial score (nSPS) is 11.9. The number of hydrogen-bond acceptors (Lipinski definition) is 5. The number of sulfonamides is 1. The van der Waals surface area contributed by atoms with Crippen LogP contribution in [0.25, 0.3) is 0 Å². The number of nitrogens with zero attached hydrogens (tertiary/aromatic N) is 2. The average molecular weight is 542 g/mol. The first kappa shape index (κ1) is 28.6. The van der Waals surface area contributed by atoms with Gasteiger partial charge in [0.15, 0.2) is 0 Å². The van der Waals surface area contributed by atoms with Gasteiger partial charge in [-0.05, 0) is 74.9 Å². The zero-order chi connectivity index (χ0) is 27.9. The second-order valence-electron chi connectivity index (χ2n) is 8.69. The molecule has 1 atom stereocenters. The van der Waals surface area contributed by atoms with Crippen LogP contribution < -0.4 is 14.4 Å². The van der Waals surface area contributed by atoms with E-state index in [1.165, 1.54) is 24.1 Å². The summed E-state index contributed by atoms with van der Waals surface area (Å²) in [4.78, 5) is 27.4. The standard InChI is InChI=1S/C28H32FN3O5S/c1-5-37-25-14-12-24(13-15-25)32(38(35,36)26-16-10-23(29)11-17-26)19-27(33)31(21(3)28(34)30-4)18-22-8-6-20(2)7-9-22/h6-17,21H,5,18-19H2,1-4H3,(H,30,34)/t21-/m1/s1. The summed E-state index contributed by atoms with van der Waals surface area (Å²) < 4.78 is 47.3. The molecule has 0 saturated carbocycles. The lowest BCUT2D eigenvalue weighted by atomic mass is 10.1. The number of halogens is 1. The molecule has 0 saturated heterocycles. The van der Waals surface area contributed by atoms with Crippen LogP contribution in [0.15, 0.2) is 77.7 Å². The Morgan fingerprint density at radius 2 is 1.58 bits per heavy atom. The SMILES string of the molecule is CCOc1ccc(N(CC(=O)N(Cc2ccc(C)cc2)[C@H](C)C(=O)NC)S(=O)(=O)c2ccc(F)cc2)cc1. The van der Waals surface area contributed by atoms with Crippen molar-refractivity contribution in [3.63, 3.8) is 0 Å². The number of rotatable bonds is 11. The third-order valence-corrected chi connectivity index (χ3v) is 7.79. The van der Waals surface area contributed by atoms with E-state index in [4.69, 9.17) is 4.74 Å². The molecule has 1 N–H and O–H groups in total. The molecule has 8 nitrogen and oxygen atoms in total. The number of anilines is 1. The molecule has 38 heavy (non-hydrogen) atoms. The Balaban J connectivity index is 2.02. The quantitative estimate of drug-likeness (QED) is 0.397. The van der Waals surface area contributed by atoms with Crippen LogP contribution in [0, 0.1) is 12.7 Å². The van der Waals surface area contributed by atoms with Crippen molar-refractivity contribution < 1.29 is 27.1 Å². The first-order valence-electron chi connectivity index (χ1n) is 12.1. The molecule has 0 aliphatic carbocycles. The first-order chi connectivity index (χ1) is 18.1. The predicted octanol–water partition coefficient (Wildman–Crippen LogP) is 3.89. The monoisotopic (exact) mass is 541 g/mol. The Morgan fingerprint density at radius 1 is 0.974 bits per heavy atom. The molecular weight excluding hydrogens is 509 g/mol. The van der Waals surface area contributed by atoms with Gasteiger partial charge in [0.2, 0.25) is 11.8 Å². The Morgan fingerprint density at radius 3 is 2.13 bits per heavy atom. The zero-order valence-electron chi connectivity index (χ0n) is 21.8. The highest BCUT2D eigenvalue weighted by molar-refractivity contribution is 7.92. The lowest BCUT2D eigenvalue weighted by molar-refractivity contribution is -0.139. The number of aryl methyl sites for hydroxylation is 1. The van der Waals surface area contributed by atoms with E-state index in [9.17, 15) is 22.4 Å². The average Bonchev–Trinajstić information content (AvgIpc) is 2.91. The molecule has 10 heteroatoms. The van der Waals surface area contributed by atoms with Gasteiger partial charge in [0.05, 0.1) is 17.2 Å². The molecule has 0 unspecified atom stereocenters. The van der Waals surface area contributed by atoms with Crippen LogP contribution >= 0.6 is 0 Å². The molecule has 0 bridgehead atoms. The van der Waals surface area contributed by atoms with E-state index in [1.807, 2.05) is 38.1 Å². The molecule has 0 radical (unpaired) electrons. The van der Waals surface area contributed by atoms with Gasteiger partial charge in [-0.1, -0.05) is 29.8 Å². The summed E-state index contributed by atoms with van der Waals surface area (Å²) in [6.07, 6.45) is 0. The van der Waals surface area contributed by atoms with Gasteiger partial charge in [-0.2, -0.15) is 0 Å². The molecule has 2 amide bonds. The van der Waals surface area contributed by atoms with Crippen molar-refractivity contribution in [3.05, 3.63) is 89.7 Å². The third-order valence-electron chi connectivity index (χ3n) is 6.00. The molecule has 0 fully saturated rings. The highest BCUT2D eigenvalue weighted by atomic mass is 32.2. The minimum absolute atomic E-state index is 0.0986. The van der Waals surface area contributed by atoms with Crippen molar-refractivity contribution in [2.24, 2.45) is 0 Å². The smallest absolute Gasteiger partial charge is 0.264 e. The Hall–Kier alpha value is -3.92. The van der Waals surface area contributed by atoms with Crippen LogP contribution in [0.4, 0.5) is 10.1 Å². The van der Waals surface area contributed by atoms with Crippen molar-refractivity contribution in [3.8, 4) is 5.75 Å². The highest BCUT2D eigenvalue weighted by Gasteiger charge is 2.32. The van der Waals surface area contributed by atoms with Crippen LogP contribution in [0.5, 0.6) is 5.75 Å². The van der Waals surface area contributed by atoms with E-state index < -0.39 is 34.3 Å². The van der Waals surface area contributed by atoms with E-state index in [1.54, 1.807) is 19.1 Å². The van der Waals surface area contributed by atoms with Gasteiger partial charge in [-0.25, -0.2) is 12.8 Å². The zero-order valence-corrected chi connectivity index (χ0v) is 22.7. The minimum Gasteiger partial charge on any atom is -0.494 e. The maximum atomic E-state index is 13.7.